The maximum absolute atomic E-state index is 12.0. The largest absolute Gasteiger partial charge is 0.473 e. The van der Waals surface area contributed by atoms with Crippen molar-refractivity contribution in [2.75, 3.05) is 38.6 Å². The van der Waals surface area contributed by atoms with Gasteiger partial charge in [-0.15, -0.1) is 5.10 Å². The van der Waals surface area contributed by atoms with Crippen molar-refractivity contribution in [1.29, 1.82) is 0 Å². The summed E-state index contributed by atoms with van der Waals surface area (Å²) >= 11 is 1.48. The Morgan fingerprint density at radius 2 is 2.15 bits per heavy atom. The summed E-state index contributed by atoms with van der Waals surface area (Å²) in [4.78, 5) is 18.7. The van der Waals surface area contributed by atoms with Gasteiger partial charge in [-0.05, 0) is 60.5 Å². The van der Waals surface area contributed by atoms with Crippen molar-refractivity contribution in [2.24, 2.45) is 0 Å². The molecule has 1 saturated heterocycles. The maximum Gasteiger partial charge on any atom is 0.220 e. The van der Waals surface area contributed by atoms with Crippen LogP contribution in [0.1, 0.15) is 37.7 Å². The normalized spacial score (nSPS) is 14.6. The van der Waals surface area contributed by atoms with Gasteiger partial charge in [-0.2, -0.15) is 0 Å². The number of ether oxygens (including phenoxy) is 1. The van der Waals surface area contributed by atoms with Gasteiger partial charge in [0.2, 0.25) is 16.9 Å². The van der Waals surface area contributed by atoms with Crippen molar-refractivity contribution >= 4 is 17.7 Å². The minimum absolute atomic E-state index is 0.00296. The van der Waals surface area contributed by atoms with Crippen LogP contribution >= 0.6 is 11.8 Å². The number of carbonyl (C=O) groups excluding carboxylic acids is 1. The number of likely N-dealkylation sites (tertiary alicyclic amines) is 1. The molecule has 0 unspecified atom stereocenters. The summed E-state index contributed by atoms with van der Waals surface area (Å²) < 4.78 is 7.27. The summed E-state index contributed by atoms with van der Waals surface area (Å²) in [6.07, 6.45) is 10.6. The molecule has 10 nitrogen and oxygen atoms in total. The molecule has 1 aliphatic heterocycles. The van der Waals surface area contributed by atoms with E-state index in [1.807, 2.05) is 24.3 Å². The first-order valence-electron chi connectivity index (χ1n) is 11.5. The van der Waals surface area contributed by atoms with E-state index in [-0.39, 0.29) is 12.5 Å². The van der Waals surface area contributed by atoms with Crippen molar-refractivity contribution < 1.29 is 14.6 Å². The van der Waals surface area contributed by atoms with Crippen LogP contribution in [0.15, 0.2) is 35.6 Å². The predicted octanol–water partition coefficient (Wildman–Crippen LogP) is 1.67. The van der Waals surface area contributed by atoms with Crippen LogP contribution in [0, 0.1) is 0 Å². The fourth-order valence-corrected chi connectivity index (χ4v) is 4.32. The molecule has 11 heteroatoms. The number of aliphatic hydroxyl groups excluding tert-OH is 1. The summed E-state index contributed by atoms with van der Waals surface area (Å²) in [6, 6.07) is 4.05. The van der Waals surface area contributed by atoms with Gasteiger partial charge in [0.25, 0.3) is 0 Å². The van der Waals surface area contributed by atoms with Gasteiger partial charge in [0.15, 0.2) is 0 Å². The zero-order chi connectivity index (χ0) is 23.1. The molecule has 33 heavy (non-hydrogen) atoms. The highest BCUT2D eigenvalue weighted by molar-refractivity contribution is 7.99. The van der Waals surface area contributed by atoms with Gasteiger partial charge >= 0.3 is 0 Å². The number of aromatic nitrogens is 5. The highest BCUT2D eigenvalue weighted by Crippen LogP contribution is 2.16. The number of carbonyl (C=O) groups is 1. The van der Waals surface area contributed by atoms with E-state index in [4.69, 9.17) is 9.84 Å². The SMILES string of the molecule is O=C(CCCSc1nnnn1CCO)NC/C=C\COc1cc(CN2CCCCC2)ccn1. The highest BCUT2D eigenvalue weighted by Gasteiger charge is 2.11. The third-order valence-corrected chi connectivity index (χ3v) is 6.20. The van der Waals surface area contributed by atoms with Gasteiger partial charge in [-0.25, -0.2) is 9.67 Å². The third kappa shape index (κ3) is 9.48. The third-order valence-electron chi connectivity index (χ3n) is 5.16. The Balaban J connectivity index is 1.24. The smallest absolute Gasteiger partial charge is 0.220 e. The molecule has 2 aromatic rings. The molecule has 0 aromatic carbocycles. The lowest BCUT2D eigenvalue weighted by Gasteiger charge is -2.26. The number of thioether (sulfide) groups is 1. The first-order valence-corrected chi connectivity index (χ1v) is 12.4. The molecule has 180 valence electrons. The number of nitrogens with one attached hydrogen (secondary N) is 1. The van der Waals surface area contributed by atoms with E-state index >= 15 is 0 Å². The van der Waals surface area contributed by atoms with E-state index < -0.39 is 0 Å². The van der Waals surface area contributed by atoms with Crippen LogP contribution in [0.3, 0.4) is 0 Å². The summed E-state index contributed by atoms with van der Waals surface area (Å²) in [5, 5.41) is 23.8. The van der Waals surface area contributed by atoms with Gasteiger partial charge < -0.3 is 15.2 Å². The molecule has 3 rings (SSSR count). The Bertz CT molecular complexity index is 871. The van der Waals surface area contributed by atoms with Gasteiger partial charge in [0.1, 0.15) is 6.61 Å². The van der Waals surface area contributed by atoms with Crippen LogP contribution in [-0.4, -0.2) is 79.7 Å². The van der Waals surface area contributed by atoms with Gasteiger partial charge in [0, 0.05) is 37.5 Å². The second kappa shape index (κ2) is 14.6. The lowest BCUT2D eigenvalue weighted by Crippen LogP contribution is -2.29. The molecule has 2 N–H and O–H groups in total. The Morgan fingerprint density at radius 3 is 3.00 bits per heavy atom. The Kier molecular flexibility index (Phi) is 11.1. The van der Waals surface area contributed by atoms with E-state index in [0.717, 1.165) is 31.8 Å². The molecule has 1 fully saturated rings. The Morgan fingerprint density at radius 1 is 1.27 bits per heavy atom. The molecule has 0 spiro atoms. The Hall–Kier alpha value is -2.50. The molecule has 1 amide bonds. The number of hydrogen-bond acceptors (Lipinski definition) is 9. The Labute approximate surface area is 198 Å². The van der Waals surface area contributed by atoms with Crippen molar-refractivity contribution in [3.05, 3.63) is 36.0 Å². The van der Waals surface area contributed by atoms with E-state index in [1.165, 1.54) is 36.6 Å². The van der Waals surface area contributed by atoms with Crippen LogP contribution in [0.25, 0.3) is 0 Å². The fourth-order valence-electron chi connectivity index (χ4n) is 3.48. The van der Waals surface area contributed by atoms with Gasteiger partial charge in [-0.1, -0.05) is 24.3 Å². The zero-order valence-corrected chi connectivity index (χ0v) is 19.8. The van der Waals surface area contributed by atoms with Crippen LogP contribution in [0.4, 0.5) is 0 Å². The standard InChI is InChI=1S/C22H33N7O3S/c30-14-13-29-22(25-26-27-29)33-16-6-7-20(31)23-9-2-5-15-32-21-17-19(8-10-24-21)18-28-11-3-1-4-12-28/h2,5,8,10,17,30H,1,3-4,6-7,9,11-16,18H2,(H,23,31)/b5-2-. The second-order valence-corrected chi connectivity index (χ2v) is 8.85. The summed E-state index contributed by atoms with van der Waals surface area (Å²) in [7, 11) is 0. The van der Waals surface area contributed by atoms with E-state index in [9.17, 15) is 4.79 Å². The number of rotatable bonds is 14. The lowest BCUT2D eigenvalue weighted by molar-refractivity contribution is -0.120. The number of hydrogen-bond donors (Lipinski definition) is 2. The molecule has 3 heterocycles. The van der Waals surface area contributed by atoms with Gasteiger partial charge in [0.05, 0.1) is 13.2 Å². The zero-order valence-electron chi connectivity index (χ0n) is 18.9. The molecule has 2 aromatic heterocycles. The first kappa shape index (κ1) is 25.1. The summed E-state index contributed by atoms with van der Waals surface area (Å²) in [6.45, 7) is 4.50. The molecule has 0 aliphatic carbocycles. The monoisotopic (exact) mass is 475 g/mol. The molecule has 0 atom stereocenters. The van der Waals surface area contributed by atoms with Crippen molar-refractivity contribution in [1.82, 2.24) is 35.4 Å². The molecular formula is C22H33N7O3S. The van der Waals surface area contributed by atoms with Crippen molar-refractivity contribution in [3.63, 3.8) is 0 Å². The molecule has 0 bridgehead atoms. The average molecular weight is 476 g/mol. The lowest BCUT2D eigenvalue weighted by atomic mass is 10.1. The fraction of sp³-hybridized carbons (Fsp3) is 0.591. The van der Waals surface area contributed by atoms with Crippen LogP contribution in [0.2, 0.25) is 0 Å². The number of amides is 1. The minimum atomic E-state index is -0.0127. The molecule has 0 radical (unpaired) electrons. The van der Waals surface area contributed by atoms with E-state index in [2.05, 4.69) is 30.7 Å². The average Bonchev–Trinajstić information content (AvgIpc) is 3.27. The molecule has 0 saturated carbocycles. The maximum atomic E-state index is 12.0. The highest BCUT2D eigenvalue weighted by atomic mass is 32.2. The number of aliphatic hydroxyl groups is 1. The number of pyridine rings is 1. The molecular weight excluding hydrogens is 442 g/mol. The minimum Gasteiger partial charge on any atom is -0.473 e. The predicted molar refractivity (Wildman–Crippen MR) is 126 cm³/mol. The second-order valence-electron chi connectivity index (χ2n) is 7.79. The molecule has 1 aliphatic rings. The van der Waals surface area contributed by atoms with Gasteiger partial charge in [-0.3, -0.25) is 9.69 Å². The van der Waals surface area contributed by atoms with Crippen molar-refractivity contribution in [3.8, 4) is 5.88 Å². The van der Waals surface area contributed by atoms with Crippen LogP contribution in [-0.2, 0) is 17.9 Å². The van der Waals surface area contributed by atoms with E-state index in [1.54, 1.807) is 10.9 Å². The number of piperidine rings is 1. The van der Waals surface area contributed by atoms with Crippen LogP contribution in [0.5, 0.6) is 5.88 Å². The van der Waals surface area contributed by atoms with E-state index in [0.29, 0.717) is 37.2 Å². The number of tetrazole rings is 1. The van der Waals surface area contributed by atoms with Crippen LogP contribution < -0.4 is 10.1 Å². The topological polar surface area (TPSA) is 118 Å². The van der Waals surface area contributed by atoms with Crippen molar-refractivity contribution in [2.45, 2.75) is 50.4 Å². The first-order chi connectivity index (χ1) is 16.2. The summed E-state index contributed by atoms with van der Waals surface area (Å²) in [5.74, 6) is 1.36. The summed E-state index contributed by atoms with van der Waals surface area (Å²) in [5.41, 5.74) is 1.22. The quantitative estimate of drug-likeness (QED) is 0.239. The number of nitrogens with zero attached hydrogens (tertiary/aromatic N) is 6.